The molecule has 4 nitrogen and oxygen atoms in total. The Hall–Kier alpha value is -1.06. The van der Waals surface area contributed by atoms with E-state index in [4.69, 9.17) is 4.74 Å². The summed E-state index contributed by atoms with van der Waals surface area (Å²) < 4.78 is 5.75. The van der Waals surface area contributed by atoms with Crippen molar-refractivity contribution in [2.75, 3.05) is 0 Å². The highest BCUT2D eigenvalue weighted by atomic mass is 16.5. The number of carboxylic acids is 1. The van der Waals surface area contributed by atoms with E-state index in [9.17, 15) is 14.7 Å². The zero-order chi connectivity index (χ0) is 19.4. The molecular weight excluding hydrogens is 340 g/mol. The smallest absolute Gasteiger partial charge is 0.302 e. The minimum absolute atomic E-state index is 0.102. The van der Waals surface area contributed by atoms with Crippen LogP contribution in [0, 0.1) is 40.4 Å². The van der Waals surface area contributed by atoms with Crippen LogP contribution in [0.5, 0.6) is 0 Å². The number of rotatable bonds is 3. The van der Waals surface area contributed by atoms with Crippen molar-refractivity contribution in [1.82, 2.24) is 0 Å². The Morgan fingerprint density at radius 2 is 1.67 bits per heavy atom. The summed E-state index contributed by atoms with van der Waals surface area (Å²) in [7, 11) is 0. The normalized spacial score (nSPS) is 48.9. The molecule has 0 heterocycles. The summed E-state index contributed by atoms with van der Waals surface area (Å²) in [5, 5.41) is 11.1. The zero-order valence-corrected chi connectivity index (χ0v) is 17.2. The maximum atomic E-state index is 11.6. The summed E-state index contributed by atoms with van der Waals surface area (Å²) in [4.78, 5) is 22.6. The number of esters is 1. The molecule has 4 heteroatoms. The highest BCUT2D eigenvalue weighted by Crippen LogP contribution is 2.67. The number of carboxylic acid groups (broad SMARTS) is 1. The first-order valence-electron chi connectivity index (χ1n) is 11.1. The Labute approximate surface area is 163 Å². The Kier molecular flexibility index (Phi) is 4.83. The molecule has 4 aliphatic carbocycles. The van der Waals surface area contributed by atoms with Crippen LogP contribution >= 0.6 is 0 Å². The fourth-order valence-electron chi connectivity index (χ4n) is 8.11. The standard InChI is InChI=1S/C23H36O4/c1-14(24)27-20-7-6-18-17-5-4-16-12-15(13-21(25)26)8-10-22(16,2)19(17)9-11-23(18,20)3/h15-20H,4-13H2,1-3H3,(H,25,26)/p-1/t15-,16-,17+,18+,19-,20-,22-,23-/m0/s1. The molecule has 0 radical (unpaired) electrons. The highest BCUT2D eigenvalue weighted by Gasteiger charge is 2.60. The Morgan fingerprint density at radius 1 is 0.963 bits per heavy atom. The molecule has 0 N–H and O–H groups in total. The molecule has 0 bridgehead atoms. The Morgan fingerprint density at radius 3 is 2.37 bits per heavy atom. The lowest BCUT2D eigenvalue weighted by Crippen LogP contribution is -2.54. The van der Waals surface area contributed by atoms with Crippen molar-refractivity contribution in [3.8, 4) is 0 Å². The molecule has 0 aromatic heterocycles. The van der Waals surface area contributed by atoms with Gasteiger partial charge in [-0.25, -0.2) is 0 Å². The van der Waals surface area contributed by atoms with Gasteiger partial charge in [0.2, 0.25) is 0 Å². The van der Waals surface area contributed by atoms with Crippen molar-refractivity contribution in [2.45, 2.75) is 91.1 Å². The van der Waals surface area contributed by atoms with Crippen molar-refractivity contribution < 1.29 is 19.4 Å². The molecule has 27 heavy (non-hydrogen) atoms. The van der Waals surface area contributed by atoms with Gasteiger partial charge in [0.05, 0.1) is 0 Å². The van der Waals surface area contributed by atoms with Crippen molar-refractivity contribution >= 4 is 11.9 Å². The first-order chi connectivity index (χ1) is 12.7. The predicted octanol–water partition coefficient (Wildman–Crippen LogP) is 3.72. The number of hydrogen-bond acceptors (Lipinski definition) is 4. The van der Waals surface area contributed by atoms with E-state index in [1.807, 2.05) is 0 Å². The molecule has 0 spiro atoms. The van der Waals surface area contributed by atoms with E-state index in [2.05, 4.69) is 13.8 Å². The zero-order valence-electron chi connectivity index (χ0n) is 17.2. The minimum atomic E-state index is -0.881. The van der Waals surface area contributed by atoms with Crippen LogP contribution in [0.3, 0.4) is 0 Å². The van der Waals surface area contributed by atoms with Crippen LogP contribution in [-0.4, -0.2) is 18.0 Å². The molecule has 0 unspecified atom stereocenters. The Bertz CT molecular complexity index is 615. The molecule has 0 amide bonds. The average molecular weight is 376 g/mol. The van der Waals surface area contributed by atoms with Gasteiger partial charge in [0.25, 0.3) is 0 Å². The van der Waals surface area contributed by atoms with Crippen molar-refractivity contribution in [3.63, 3.8) is 0 Å². The van der Waals surface area contributed by atoms with E-state index in [-0.39, 0.29) is 23.9 Å². The summed E-state index contributed by atoms with van der Waals surface area (Å²) >= 11 is 0. The predicted molar refractivity (Wildman–Crippen MR) is 100 cm³/mol. The highest BCUT2D eigenvalue weighted by molar-refractivity contribution is 5.66. The molecule has 4 aliphatic rings. The lowest BCUT2D eigenvalue weighted by Gasteiger charge is -2.61. The van der Waals surface area contributed by atoms with Gasteiger partial charge in [-0.05, 0) is 99.2 Å². The summed E-state index contributed by atoms with van der Waals surface area (Å²) in [5.41, 5.74) is 0.522. The number of hydrogen-bond donors (Lipinski definition) is 0. The summed E-state index contributed by atoms with van der Waals surface area (Å²) in [5.74, 6) is 2.17. The van der Waals surface area contributed by atoms with Gasteiger partial charge in [-0.1, -0.05) is 13.8 Å². The Balaban J connectivity index is 1.51. The van der Waals surface area contributed by atoms with Crippen LogP contribution in [0.1, 0.15) is 85.0 Å². The van der Waals surface area contributed by atoms with Gasteiger partial charge < -0.3 is 14.6 Å². The average Bonchev–Trinajstić information content (AvgIpc) is 2.91. The lowest BCUT2D eigenvalue weighted by molar-refractivity contribution is -0.307. The second-order valence-corrected chi connectivity index (χ2v) is 10.6. The second kappa shape index (κ2) is 6.77. The molecule has 4 fully saturated rings. The number of aliphatic carboxylic acids is 1. The number of fused-ring (bicyclic) bond motifs is 5. The van der Waals surface area contributed by atoms with Crippen molar-refractivity contribution in [2.24, 2.45) is 40.4 Å². The maximum absolute atomic E-state index is 11.6. The first-order valence-corrected chi connectivity index (χ1v) is 11.1. The monoisotopic (exact) mass is 375 g/mol. The van der Waals surface area contributed by atoms with E-state index in [0.717, 1.165) is 31.1 Å². The molecule has 152 valence electrons. The molecule has 0 aromatic carbocycles. The van der Waals surface area contributed by atoms with Gasteiger partial charge in [-0.15, -0.1) is 0 Å². The molecule has 0 saturated heterocycles. The van der Waals surface area contributed by atoms with Gasteiger partial charge in [0.15, 0.2) is 0 Å². The number of ether oxygens (including phenoxy) is 1. The minimum Gasteiger partial charge on any atom is -0.550 e. The topological polar surface area (TPSA) is 66.4 Å². The largest absolute Gasteiger partial charge is 0.550 e. The summed E-state index contributed by atoms with van der Waals surface area (Å²) in [6.45, 7) is 6.42. The fourth-order valence-corrected chi connectivity index (χ4v) is 8.11. The van der Waals surface area contributed by atoms with Crippen LogP contribution in [0.15, 0.2) is 0 Å². The maximum Gasteiger partial charge on any atom is 0.302 e. The van der Waals surface area contributed by atoms with E-state index >= 15 is 0 Å². The SMILES string of the molecule is CC(=O)O[C@H]1CC[C@@H]2[C@H]3CC[C@H]4C[C@@H](CC(=O)[O-])CC[C@]4(C)[C@H]3CC[C@]12C. The van der Waals surface area contributed by atoms with Crippen LogP contribution in [0.4, 0.5) is 0 Å². The third-order valence-electron chi connectivity index (χ3n) is 9.45. The van der Waals surface area contributed by atoms with Crippen LogP contribution in [-0.2, 0) is 14.3 Å². The second-order valence-electron chi connectivity index (χ2n) is 10.6. The van der Waals surface area contributed by atoms with E-state index in [1.54, 1.807) is 6.92 Å². The van der Waals surface area contributed by atoms with Crippen molar-refractivity contribution in [1.29, 1.82) is 0 Å². The summed E-state index contributed by atoms with van der Waals surface area (Å²) in [6.07, 6.45) is 10.8. The van der Waals surface area contributed by atoms with Crippen LogP contribution < -0.4 is 5.11 Å². The quantitative estimate of drug-likeness (QED) is 0.705. The molecule has 4 saturated carbocycles. The lowest BCUT2D eigenvalue weighted by atomic mass is 9.44. The van der Waals surface area contributed by atoms with E-state index in [0.29, 0.717) is 23.2 Å². The number of carbonyl (C=O) groups excluding carboxylic acids is 2. The summed E-state index contributed by atoms with van der Waals surface area (Å²) in [6, 6.07) is 0. The van der Waals surface area contributed by atoms with Gasteiger partial charge >= 0.3 is 5.97 Å². The third kappa shape index (κ3) is 3.11. The molecular formula is C23H35O4-. The number of carbonyl (C=O) groups is 2. The van der Waals surface area contributed by atoms with Gasteiger partial charge in [-0.2, -0.15) is 0 Å². The van der Waals surface area contributed by atoms with E-state index in [1.165, 1.54) is 38.5 Å². The molecule has 4 rings (SSSR count). The van der Waals surface area contributed by atoms with Gasteiger partial charge in [-0.3, -0.25) is 4.79 Å². The third-order valence-corrected chi connectivity index (χ3v) is 9.45. The van der Waals surface area contributed by atoms with E-state index < -0.39 is 5.97 Å². The molecule has 8 atom stereocenters. The molecule has 0 aromatic rings. The van der Waals surface area contributed by atoms with Gasteiger partial charge in [0, 0.05) is 18.3 Å². The van der Waals surface area contributed by atoms with Crippen molar-refractivity contribution in [3.05, 3.63) is 0 Å². The van der Waals surface area contributed by atoms with Gasteiger partial charge in [0.1, 0.15) is 6.10 Å². The fraction of sp³-hybridized carbons (Fsp3) is 0.913. The molecule has 0 aliphatic heterocycles. The van der Waals surface area contributed by atoms with Crippen LogP contribution in [0.2, 0.25) is 0 Å². The first kappa shape index (κ1) is 19.3. The van der Waals surface area contributed by atoms with Crippen LogP contribution in [0.25, 0.3) is 0 Å².